The number of nitrogens with one attached hydrogen (secondary N) is 1. The van der Waals surface area contributed by atoms with Gasteiger partial charge in [0.05, 0.1) is 0 Å². The zero-order valence-electron chi connectivity index (χ0n) is 11.0. The molecule has 0 heterocycles. The van der Waals surface area contributed by atoms with Gasteiger partial charge in [0.25, 0.3) is 0 Å². The number of nitrogens with two attached hydrogens (primary N) is 1. The van der Waals surface area contributed by atoms with Crippen molar-refractivity contribution in [1.82, 2.24) is 0 Å². The number of anilines is 1. The van der Waals surface area contributed by atoms with E-state index < -0.39 is 12.0 Å². The van der Waals surface area contributed by atoms with Crippen LogP contribution in [0.1, 0.15) is 32.3 Å². The van der Waals surface area contributed by atoms with Crippen molar-refractivity contribution in [2.45, 2.75) is 45.2 Å². The largest absolute Gasteiger partial charge is 0.480 e. The summed E-state index contributed by atoms with van der Waals surface area (Å²) in [7, 11) is 0. The number of carboxylic acid groups (broad SMARTS) is 1. The summed E-state index contributed by atoms with van der Waals surface area (Å²) in [5, 5.41) is 12.3. The van der Waals surface area contributed by atoms with Crippen LogP contribution in [0.5, 0.6) is 0 Å². The second kappa shape index (κ2) is 7.01. The van der Waals surface area contributed by atoms with E-state index in [1.165, 1.54) is 0 Å². The molecular weight excluding hydrogens is 228 g/mol. The second-order valence-electron chi connectivity index (χ2n) is 4.64. The van der Waals surface area contributed by atoms with Crippen LogP contribution in [0, 0.1) is 0 Å². The molecule has 1 rings (SSSR count). The van der Waals surface area contributed by atoms with Crippen molar-refractivity contribution in [3.8, 4) is 0 Å². The Labute approximate surface area is 108 Å². The fourth-order valence-corrected chi connectivity index (χ4v) is 1.93. The van der Waals surface area contributed by atoms with Gasteiger partial charge in [-0.1, -0.05) is 31.5 Å². The number of para-hydroxylation sites is 1. The number of hydrogen-bond acceptors (Lipinski definition) is 3. The SMILES string of the molecule is CCCC(C)Nc1ccccc1CC(N)C(=O)O. The number of benzene rings is 1. The minimum Gasteiger partial charge on any atom is -0.480 e. The van der Waals surface area contributed by atoms with Gasteiger partial charge >= 0.3 is 5.97 Å². The average molecular weight is 250 g/mol. The molecular formula is C14H22N2O2. The zero-order chi connectivity index (χ0) is 13.5. The highest BCUT2D eigenvalue weighted by Crippen LogP contribution is 2.18. The van der Waals surface area contributed by atoms with Crippen molar-refractivity contribution in [2.24, 2.45) is 5.73 Å². The van der Waals surface area contributed by atoms with Gasteiger partial charge in [0.2, 0.25) is 0 Å². The van der Waals surface area contributed by atoms with E-state index >= 15 is 0 Å². The standard InChI is InChI=1S/C14H22N2O2/c1-3-6-10(2)16-13-8-5-4-7-11(13)9-12(15)14(17)18/h4-5,7-8,10,12,16H,3,6,9,15H2,1-2H3,(H,17,18). The molecule has 0 aliphatic heterocycles. The van der Waals surface area contributed by atoms with Gasteiger partial charge in [-0.25, -0.2) is 0 Å². The van der Waals surface area contributed by atoms with E-state index in [4.69, 9.17) is 10.8 Å². The predicted octanol–water partition coefficient (Wildman–Crippen LogP) is 2.24. The second-order valence-corrected chi connectivity index (χ2v) is 4.64. The third-order valence-corrected chi connectivity index (χ3v) is 2.90. The van der Waals surface area contributed by atoms with Gasteiger partial charge in [0, 0.05) is 18.2 Å². The third-order valence-electron chi connectivity index (χ3n) is 2.90. The maximum absolute atomic E-state index is 10.8. The molecule has 0 amide bonds. The molecule has 100 valence electrons. The molecule has 4 nitrogen and oxygen atoms in total. The van der Waals surface area contributed by atoms with Crippen molar-refractivity contribution in [3.05, 3.63) is 29.8 Å². The molecule has 0 saturated carbocycles. The van der Waals surface area contributed by atoms with Crippen LogP contribution in [-0.4, -0.2) is 23.2 Å². The molecule has 0 bridgehead atoms. The first kappa shape index (κ1) is 14.5. The number of carbonyl (C=O) groups is 1. The maximum Gasteiger partial charge on any atom is 0.320 e. The lowest BCUT2D eigenvalue weighted by atomic mass is 10.0. The molecule has 2 unspecified atom stereocenters. The Morgan fingerprint density at radius 3 is 2.72 bits per heavy atom. The Morgan fingerprint density at radius 2 is 2.11 bits per heavy atom. The molecule has 1 aromatic rings. The molecule has 0 aliphatic carbocycles. The molecule has 0 aromatic heterocycles. The van der Waals surface area contributed by atoms with Crippen molar-refractivity contribution in [1.29, 1.82) is 0 Å². The Hall–Kier alpha value is -1.55. The minimum atomic E-state index is -0.966. The van der Waals surface area contributed by atoms with Gasteiger partial charge in [-0.3, -0.25) is 4.79 Å². The van der Waals surface area contributed by atoms with E-state index in [1.807, 2.05) is 24.3 Å². The summed E-state index contributed by atoms with van der Waals surface area (Å²) >= 11 is 0. The monoisotopic (exact) mass is 250 g/mol. The van der Waals surface area contributed by atoms with Crippen LogP contribution < -0.4 is 11.1 Å². The van der Waals surface area contributed by atoms with E-state index in [9.17, 15) is 4.79 Å². The highest BCUT2D eigenvalue weighted by Gasteiger charge is 2.14. The zero-order valence-corrected chi connectivity index (χ0v) is 11.0. The van der Waals surface area contributed by atoms with E-state index in [0.717, 1.165) is 24.1 Å². The average Bonchev–Trinajstić information content (AvgIpc) is 2.31. The van der Waals surface area contributed by atoms with Crippen molar-refractivity contribution < 1.29 is 9.90 Å². The molecule has 1 aromatic carbocycles. The van der Waals surface area contributed by atoms with Crippen LogP contribution in [0.4, 0.5) is 5.69 Å². The summed E-state index contributed by atoms with van der Waals surface area (Å²) in [5.74, 6) is -0.966. The summed E-state index contributed by atoms with van der Waals surface area (Å²) in [6.07, 6.45) is 2.54. The lowest BCUT2D eigenvalue weighted by Gasteiger charge is -2.18. The molecule has 0 aliphatic rings. The Kier molecular flexibility index (Phi) is 5.65. The highest BCUT2D eigenvalue weighted by molar-refractivity contribution is 5.74. The first-order valence-electron chi connectivity index (χ1n) is 6.37. The van der Waals surface area contributed by atoms with Gasteiger partial charge in [0.1, 0.15) is 6.04 Å². The van der Waals surface area contributed by atoms with Gasteiger partial charge in [0.15, 0.2) is 0 Å². The summed E-state index contributed by atoms with van der Waals surface area (Å²) < 4.78 is 0. The molecule has 0 fully saturated rings. The Morgan fingerprint density at radius 1 is 1.44 bits per heavy atom. The first-order chi connectivity index (χ1) is 8.54. The number of hydrogen-bond donors (Lipinski definition) is 3. The Bertz CT molecular complexity index is 393. The van der Waals surface area contributed by atoms with E-state index in [-0.39, 0.29) is 0 Å². The molecule has 0 spiro atoms. The summed E-state index contributed by atoms with van der Waals surface area (Å²) in [4.78, 5) is 10.8. The maximum atomic E-state index is 10.8. The van der Waals surface area contributed by atoms with E-state index in [0.29, 0.717) is 12.5 Å². The summed E-state index contributed by atoms with van der Waals surface area (Å²) in [5.41, 5.74) is 7.52. The summed E-state index contributed by atoms with van der Waals surface area (Å²) in [6, 6.07) is 7.25. The number of aliphatic carboxylic acids is 1. The van der Waals surface area contributed by atoms with Crippen molar-refractivity contribution >= 4 is 11.7 Å². The quantitative estimate of drug-likeness (QED) is 0.693. The van der Waals surface area contributed by atoms with Crippen LogP contribution in [0.15, 0.2) is 24.3 Å². The lowest BCUT2D eigenvalue weighted by Crippen LogP contribution is -2.32. The van der Waals surface area contributed by atoms with Crippen LogP contribution in [-0.2, 0) is 11.2 Å². The van der Waals surface area contributed by atoms with Gasteiger partial charge in [-0.15, -0.1) is 0 Å². The molecule has 0 saturated heterocycles. The Balaban J connectivity index is 2.76. The molecule has 4 N–H and O–H groups in total. The molecule has 4 heteroatoms. The number of carboxylic acids is 1. The predicted molar refractivity (Wildman–Crippen MR) is 73.7 cm³/mol. The molecule has 2 atom stereocenters. The molecule has 0 radical (unpaired) electrons. The third kappa shape index (κ3) is 4.37. The number of rotatable bonds is 7. The fourth-order valence-electron chi connectivity index (χ4n) is 1.93. The lowest BCUT2D eigenvalue weighted by molar-refractivity contribution is -0.138. The van der Waals surface area contributed by atoms with E-state index in [2.05, 4.69) is 19.2 Å². The van der Waals surface area contributed by atoms with Gasteiger partial charge in [-0.05, 0) is 25.0 Å². The normalized spacial score (nSPS) is 13.9. The topological polar surface area (TPSA) is 75.3 Å². The summed E-state index contributed by atoms with van der Waals surface area (Å²) in [6.45, 7) is 4.27. The van der Waals surface area contributed by atoms with Crippen LogP contribution in [0.2, 0.25) is 0 Å². The van der Waals surface area contributed by atoms with E-state index in [1.54, 1.807) is 0 Å². The van der Waals surface area contributed by atoms with Crippen LogP contribution in [0.25, 0.3) is 0 Å². The van der Waals surface area contributed by atoms with Crippen molar-refractivity contribution in [2.75, 3.05) is 5.32 Å². The van der Waals surface area contributed by atoms with Crippen molar-refractivity contribution in [3.63, 3.8) is 0 Å². The smallest absolute Gasteiger partial charge is 0.320 e. The first-order valence-corrected chi connectivity index (χ1v) is 6.37. The molecule has 18 heavy (non-hydrogen) atoms. The van der Waals surface area contributed by atoms with Crippen LogP contribution in [0.3, 0.4) is 0 Å². The van der Waals surface area contributed by atoms with Crippen LogP contribution >= 0.6 is 0 Å². The van der Waals surface area contributed by atoms with Gasteiger partial charge < -0.3 is 16.2 Å². The fraction of sp³-hybridized carbons (Fsp3) is 0.500. The highest BCUT2D eigenvalue weighted by atomic mass is 16.4. The minimum absolute atomic E-state index is 0.345. The van der Waals surface area contributed by atoms with Gasteiger partial charge in [-0.2, -0.15) is 0 Å².